The van der Waals surface area contributed by atoms with Crippen LogP contribution < -0.4 is 5.73 Å². The molecule has 0 aliphatic heterocycles. The number of carbonyl (C=O) groups excluding carboxylic acids is 1. The van der Waals surface area contributed by atoms with Gasteiger partial charge in [-0.3, -0.25) is 4.79 Å². The van der Waals surface area contributed by atoms with Gasteiger partial charge in [0, 0.05) is 17.5 Å². The minimum absolute atomic E-state index is 0.108. The third-order valence-corrected chi connectivity index (χ3v) is 4.57. The summed E-state index contributed by atoms with van der Waals surface area (Å²) < 4.78 is 22.9. The highest BCUT2D eigenvalue weighted by atomic mass is 32.2. The highest BCUT2D eigenvalue weighted by Gasteiger charge is 2.12. The monoisotopic (exact) mass is 345 g/mol. The molecule has 0 aromatic heterocycles. The van der Waals surface area contributed by atoms with Gasteiger partial charge in [0.15, 0.2) is 16.1 Å². The molecule has 0 spiro atoms. The molecule has 0 saturated heterocycles. The van der Waals surface area contributed by atoms with Crippen LogP contribution in [0.2, 0.25) is 0 Å². The van der Waals surface area contributed by atoms with Crippen molar-refractivity contribution in [2.24, 2.45) is 5.73 Å². The molecule has 0 unspecified atom stereocenters. The van der Waals surface area contributed by atoms with Crippen molar-refractivity contribution in [1.29, 1.82) is 0 Å². The second-order valence-electron chi connectivity index (χ2n) is 5.12. The van der Waals surface area contributed by atoms with Crippen molar-refractivity contribution >= 4 is 33.4 Å². The fraction of sp³-hybridized carbons (Fsp3) is 0.0588. The summed E-state index contributed by atoms with van der Waals surface area (Å²) in [6.07, 6.45) is 1.67. The van der Waals surface area contributed by atoms with Gasteiger partial charge in [-0.25, -0.2) is 13.2 Å². The molecule has 2 rings (SSSR count). The van der Waals surface area contributed by atoms with Gasteiger partial charge in [0.05, 0.1) is 10.5 Å². The number of hydrogen-bond donors (Lipinski definition) is 2. The number of carboxylic acid groups (broad SMARTS) is 1. The lowest BCUT2D eigenvalue weighted by molar-refractivity contribution is -0.103. The van der Waals surface area contributed by atoms with Crippen LogP contribution in [0.1, 0.15) is 21.5 Å². The normalized spacial score (nSPS) is 12.4. The minimum Gasteiger partial charge on any atom is -0.478 e. The van der Waals surface area contributed by atoms with Crippen LogP contribution in [0.5, 0.6) is 0 Å². The van der Waals surface area contributed by atoms with Crippen LogP contribution in [0.4, 0.5) is 0 Å². The van der Waals surface area contributed by atoms with Crippen molar-refractivity contribution < 1.29 is 23.1 Å². The van der Waals surface area contributed by atoms with Crippen LogP contribution >= 0.6 is 0 Å². The number of sulfone groups is 1. The van der Waals surface area contributed by atoms with Gasteiger partial charge < -0.3 is 10.8 Å². The molecule has 2 aromatic carbocycles. The van der Waals surface area contributed by atoms with Gasteiger partial charge >= 0.3 is 5.97 Å². The Labute approximate surface area is 139 Å². The molecule has 0 radical (unpaired) electrons. The Bertz CT molecular complexity index is 910. The van der Waals surface area contributed by atoms with E-state index in [0.717, 1.165) is 6.26 Å². The summed E-state index contributed by atoms with van der Waals surface area (Å²) in [6.45, 7) is 0. The van der Waals surface area contributed by atoms with Crippen LogP contribution in [0.25, 0.3) is 11.3 Å². The summed E-state index contributed by atoms with van der Waals surface area (Å²) in [7, 11) is -3.33. The highest BCUT2D eigenvalue weighted by Crippen LogP contribution is 2.23. The molecule has 0 atom stereocenters. The van der Waals surface area contributed by atoms with Gasteiger partial charge in [-0.2, -0.15) is 0 Å². The summed E-state index contributed by atoms with van der Waals surface area (Å²) >= 11 is 0. The van der Waals surface area contributed by atoms with Crippen LogP contribution in [-0.2, 0) is 14.6 Å². The first-order valence-electron chi connectivity index (χ1n) is 6.83. The Balaban J connectivity index is 2.46. The van der Waals surface area contributed by atoms with Crippen molar-refractivity contribution in [3.8, 4) is 0 Å². The first kappa shape index (κ1) is 17.4. The zero-order valence-corrected chi connectivity index (χ0v) is 13.6. The number of carbonyl (C=O) groups is 2. The standard InChI is InChI=1S/C17H15NO5S/c1-24(22,23)14-8-6-11(7-9-14)15(10-19)16(18)12-2-4-13(5-3-12)17(20)21/h2-10H,18H2,1H3,(H,20,21)/b16-15-. The first-order valence-corrected chi connectivity index (χ1v) is 8.72. The Morgan fingerprint density at radius 2 is 1.42 bits per heavy atom. The average Bonchev–Trinajstić information content (AvgIpc) is 2.55. The van der Waals surface area contributed by atoms with Crippen LogP contribution in [0.15, 0.2) is 53.4 Å². The fourth-order valence-electron chi connectivity index (χ4n) is 2.12. The molecule has 0 bridgehead atoms. The molecule has 0 aliphatic rings. The quantitative estimate of drug-likeness (QED) is 0.485. The number of benzene rings is 2. The molecule has 0 heterocycles. The van der Waals surface area contributed by atoms with Gasteiger partial charge in [-0.05, 0) is 35.4 Å². The van der Waals surface area contributed by atoms with Gasteiger partial charge in [-0.1, -0.05) is 24.3 Å². The fourth-order valence-corrected chi connectivity index (χ4v) is 2.75. The lowest BCUT2D eigenvalue weighted by atomic mass is 10.00. The molecule has 7 heteroatoms. The lowest BCUT2D eigenvalue weighted by Gasteiger charge is -2.08. The number of allylic oxidation sites excluding steroid dienone is 1. The Hall–Kier alpha value is -2.93. The van der Waals surface area contributed by atoms with E-state index >= 15 is 0 Å². The molecule has 6 nitrogen and oxygen atoms in total. The van der Waals surface area contributed by atoms with Crippen molar-refractivity contribution in [1.82, 2.24) is 0 Å². The molecule has 124 valence electrons. The third kappa shape index (κ3) is 3.69. The van der Waals surface area contributed by atoms with Gasteiger partial charge in [0.2, 0.25) is 0 Å². The van der Waals surface area contributed by atoms with E-state index in [1.165, 1.54) is 48.5 Å². The van der Waals surface area contributed by atoms with Crippen molar-refractivity contribution in [2.45, 2.75) is 4.90 Å². The molecular weight excluding hydrogens is 330 g/mol. The smallest absolute Gasteiger partial charge is 0.335 e. The molecule has 0 saturated carbocycles. The Kier molecular flexibility index (Phi) is 4.85. The number of nitrogens with two attached hydrogens (primary N) is 1. The SMILES string of the molecule is CS(=O)(=O)c1ccc(/C(C=O)=C(\N)c2ccc(C(=O)O)cc2)cc1. The summed E-state index contributed by atoms with van der Waals surface area (Å²) in [5.74, 6) is -1.06. The topological polar surface area (TPSA) is 115 Å². The maximum absolute atomic E-state index is 11.5. The van der Waals surface area contributed by atoms with E-state index < -0.39 is 15.8 Å². The largest absolute Gasteiger partial charge is 0.478 e. The zero-order valence-electron chi connectivity index (χ0n) is 12.8. The van der Waals surface area contributed by atoms with Crippen molar-refractivity contribution in [3.63, 3.8) is 0 Å². The van der Waals surface area contributed by atoms with E-state index in [-0.39, 0.29) is 21.7 Å². The van der Waals surface area contributed by atoms with Gasteiger partial charge in [-0.15, -0.1) is 0 Å². The van der Waals surface area contributed by atoms with Gasteiger partial charge in [0.25, 0.3) is 0 Å². The molecule has 3 N–H and O–H groups in total. The average molecular weight is 345 g/mol. The van der Waals surface area contributed by atoms with E-state index in [9.17, 15) is 18.0 Å². The van der Waals surface area contributed by atoms with Crippen LogP contribution in [0.3, 0.4) is 0 Å². The molecule has 2 aromatic rings. The number of rotatable bonds is 5. The predicted octanol–water partition coefficient (Wildman–Crippen LogP) is 1.81. The first-order chi connectivity index (χ1) is 11.2. The maximum Gasteiger partial charge on any atom is 0.335 e. The second-order valence-corrected chi connectivity index (χ2v) is 7.14. The van der Waals surface area contributed by atoms with Crippen LogP contribution in [0, 0.1) is 0 Å². The molecule has 24 heavy (non-hydrogen) atoms. The summed E-state index contributed by atoms with van der Waals surface area (Å²) in [5, 5.41) is 8.89. The van der Waals surface area contributed by atoms with E-state index in [2.05, 4.69) is 0 Å². The van der Waals surface area contributed by atoms with E-state index in [1.807, 2.05) is 0 Å². The third-order valence-electron chi connectivity index (χ3n) is 3.44. The number of carboxylic acids is 1. The Morgan fingerprint density at radius 1 is 0.958 bits per heavy atom. The number of aromatic carboxylic acids is 1. The summed E-state index contributed by atoms with van der Waals surface area (Å²) in [5.41, 5.74) is 7.45. The second kappa shape index (κ2) is 6.67. The number of hydrogen-bond acceptors (Lipinski definition) is 5. The molecule has 0 fully saturated rings. The van der Waals surface area contributed by atoms with Crippen molar-refractivity contribution in [2.75, 3.05) is 6.26 Å². The maximum atomic E-state index is 11.5. The predicted molar refractivity (Wildman–Crippen MR) is 90.0 cm³/mol. The zero-order chi connectivity index (χ0) is 17.9. The van der Waals surface area contributed by atoms with E-state index in [0.29, 0.717) is 17.4 Å². The van der Waals surface area contributed by atoms with Crippen molar-refractivity contribution in [3.05, 3.63) is 65.2 Å². The minimum atomic E-state index is -3.33. The lowest BCUT2D eigenvalue weighted by Crippen LogP contribution is -2.04. The summed E-state index contributed by atoms with van der Waals surface area (Å²) in [4.78, 5) is 22.4. The highest BCUT2D eigenvalue weighted by molar-refractivity contribution is 7.90. The van der Waals surface area contributed by atoms with E-state index in [4.69, 9.17) is 10.8 Å². The summed E-state index contributed by atoms with van der Waals surface area (Å²) in [6, 6.07) is 11.6. The molecular formula is C17H15NO5S. The molecule has 0 amide bonds. The van der Waals surface area contributed by atoms with Gasteiger partial charge in [0.1, 0.15) is 0 Å². The number of aldehydes is 1. The van der Waals surface area contributed by atoms with E-state index in [1.54, 1.807) is 0 Å². The van der Waals surface area contributed by atoms with Crippen LogP contribution in [-0.4, -0.2) is 32.0 Å². The Morgan fingerprint density at radius 3 is 1.83 bits per heavy atom. The molecule has 0 aliphatic carbocycles.